The molecule has 29 heavy (non-hydrogen) atoms. The van der Waals surface area contributed by atoms with Gasteiger partial charge in [0.25, 0.3) is 5.91 Å². The van der Waals surface area contributed by atoms with Crippen LogP contribution in [0.25, 0.3) is 17.2 Å². The van der Waals surface area contributed by atoms with Gasteiger partial charge in [-0.05, 0) is 36.5 Å². The summed E-state index contributed by atoms with van der Waals surface area (Å²) < 4.78 is 1.81. The molecule has 5 heterocycles. The molecule has 5 rings (SSSR count). The number of hydrogen-bond acceptors (Lipinski definition) is 7. The van der Waals surface area contributed by atoms with Crippen molar-refractivity contribution in [2.75, 3.05) is 11.9 Å². The molecule has 4 N–H and O–H groups in total. The summed E-state index contributed by atoms with van der Waals surface area (Å²) in [5.41, 5.74) is 8.67. The minimum absolute atomic E-state index is 0.418. The monoisotopic (exact) mass is 405 g/mol. The fourth-order valence-electron chi connectivity index (χ4n) is 3.59. The Morgan fingerprint density at radius 1 is 1.31 bits per heavy atom. The average molecular weight is 405 g/mol. The number of amides is 1. The lowest BCUT2D eigenvalue weighted by atomic mass is 10.1. The molecule has 0 unspecified atom stereocenters. The first kappa shape index (κ1) is 17.8. The molecule has 0 saturated heterocycles. The number of nitrogens with one attached hydrogen (secondary N) is 2. The average Bonchev–Trinajstić information content (AvgIpc) is 3.41. The zero-order valence-electron chi connectivity index (χ0n) is 15.6. The molecule has 0 bridgehead atoms. The molecule has 1 amide bonds. The van der Waals surface area contributed by atoms with Crippen LogP contribution in [-0.2, 0) is 19.5 Å². The van der Waals surface area contributed by atoms with Gasteiger partial charge in [-0.1, -0.05) is 6.07 Å². The van der Waals surface area contributed by atoms with Gasteiger partial charge in [0.15, 0.2) is 11.6 Å². The summed E-state index contributed by atoms with van der Waals surface area (Å²) in [4.78, 5) is 27.1. The van der Waals surface area contributed by atoms with E-state index >= 15 is 0 Å². The van der Waals surface area contributed by atoms with Crippen molar-refractivity contribution in [2.45, 2.75) is 19.5 Å². The summed E-state index contributed by atoms with van der Waals surface area (Å²) in [6, 6.07) is 7.60. The molecule has 0 atom stereocenters. The molecule has 0 aromatic carbocycles. The molecule has 4 aromatic heterocycles. The van der Waals surface area contributed by atoms with Gasteiger partial charge in [0.1, 0.15) is 5.82 Å². The van der Waals surface area contributed by atoms with Crippen LogP contribution in [0.2, 0.25) is 0 Å². The third-order valence-corrected chi connectivity index (χ3v) is 5.86. The van der Waals surface area contributed by atoms with Crippen molar-refractivity contribution in [3.05, 3.63) is 63.7 Å². The van der Waals surface area contributed by atoms with Crippen LogP contribution >= 0.6 is 11.3 Å². The van der Waals surface area contributed by atoms with Gasteiger partial charge in [-0.3, -0.25) is 9.20 Å². The molecular formula is C20H19N7OS. The normalized spacial score (nSPS) is 13.4. The Labute approximate surface area is 170 Å². The smallest absolute Gasteiger partial charge is 0.250 e. The fraction of sp³-hybridized carbons (Fsp3) is 0.200. The van der Waals surface area contributed by atoms with E-state index in [0.29, 0.717) is 35.8 Å². The highest BCUT2D eigenvalue weighted by atomic mass is 32.1. The van der Waals surface area contributed by atoms with Gasteiger partial charge in [0.05, 0.1) is 29.5 Å². The molecule has 0 radical (unpaired) electrons. The molecule has 1 aliphatic heterocycles. The van der Waals surface area contributed by atoms with Crippen molar-refractivity contribution in [3.63, 3.8) is 0 Å². The third kappa shape index (κ3) is 3.24. The molecule has 4 aromatic rings. The Hall–Kier alpha value is -3.30. The summed E-state index contributed by atoms with van der Waals surface area (Å²) >= 11 is 1.71. The van der Waals surface area contributed by atoms with Crippen LogP contribution in [0.15, 0.2) is 42.0 Å². The highest BCUT2D eigenvalue weighted by Crippen LogP contribution is 2.26. The molecule has 0 fully saturated rings. The lowest BCUT2D eigenvalue weighted by molar-refractivity contribution is 0.100. The number of aromatic nitrogens is 4. The number of thiophene rings is 1. The predicted molar refractivity (Wildman–Crippen MR) is 112 cm³/mol. The summed E-state index contributed by atoms with van der Waals surface area (Å²) in [7, 11) is 0. The van der Waals surface area contributed by atoms with Crippen molar-refractivity contribution in [1.82, 2.24) is 24.7 Å². The topological polar surface area (TPSA) is 110 Å². The molecular weight excluding hydrogens is 386 g/mol. The number of anilines is 1. The summed E-state index contributed by atoms with van der Waals surface area (Å²) in [6.45, 7) is 2.30. The van der Waals surface area contributed by atoms with E-state index in [-0.39, 0.29) is 0 Å². The largest absolute Gasteiger partial charge is 0.366 e. The standard InChI is InChI=1S/C20H19N7OS/c21-17(28)14-4-1-7-27-16(14)11-24-20(27)19-25-15-10-22-6-5-13(15)18(26-19)23-9-12-3-2-8-29-12/h1-4,7-8,11,22H,5-6,9-10H2,(H2,21,28)(H,23,25,26). The second-order valence-electron chi connectivity index (χ2n) is 6.80. The van der Waals surface area contributed by atoms with Gasteiger partial charge in [0, 0.05) is 23.2 Å². The van der Waals surface area contributed by atoms with Crippen molar-refractivity contribution in [2.24, 2.45) is 5.73 Å². The molecule has 0 spiro atoms. The zero-order valence-corrected chi connectivity index (χ0v) is 16.4. The van der Waals surface area contributed by atoms with Crippen LogP contribution < -0.4 is 16.4 Å². The lowest BCUT2D eigenvalue weighted by Crippen LogP contribution is -2.26. The van der Waals surface area contributed by atoms with Gasteiger partial charge in [-0.25, -0.2) is 15.0 Å². The summed E-state index contributed by atoms with van der Waals surface area (Å²) in [6.07, 6.45) is 4.34. The highest BCUT2D eigenvalue weighted by Gasteiger charge is 2.21. The molecule has 9 heteroatoms. The van der Waals surface area contributed by atoms with Crippen molar-refractivity contribution in [1.29, 1.82) is 0 Å². The Kier molecular flexibility index (Phi) is 4.45. The first-order chi connectivity index (χ1) is 14.2. The van der Waals surface area contributed by atoms with E-state index in [0.717, 1.165) is 30.0 Å². The molecule has 8 nitrogen and oxygen atoms in total. The van der Waals surface area contributed by atoms with E-state index in [1.165, 1.54) is 4.88 Å². The van der Waals surface area contributed by atoms with E-state index in [1.807, 2.05) is 12.3 Å². The SMILES string of the molecule is NC(=O)c1cccn2c(-c3nc4c(c(NCc5cccs5)n3)CCNC4)ncc12. The maximum Gasteiger partial charge on any atom is 0.250 e. The number of nitrogens with two attached hydrogens (primary N) is 1. The number of imidazole rings is 1. The molecule has 146 valence electrons. The second kappa shape index (κ2) is 7.26. The maximum absolute atomic E-state index is 11.7. The van der Waals surface area contributed by atoms with Crippen LogP contribution in [-0.4, -0.2) is 31.8 Å². The second-order valence-corrected chi connectivity index (χ2v) is 7.84. The van der Waals surface area contributed by atoms with E-state index in [9.17, 15) is 4.79 Å². The first-order valence-corrected chi connectivity index (χ1v) is 10.2. The van der Waals surface area contributed by atoms with Crippen molar-refractivity contribution < 1.29 is 4.79 Å². The highest BCUT2D eigenvalue weighted by molar-refractivity contribution is 7.09. The van der Waals surface area contributed by atoms with Crippen LogP contribution in [0.4, 0.5) is 5.82 Å². The number of carbonyl (C=O) groups excluding carboxylic acids is 1. The van der Waals surface area contributed by atoms with E-state index in [4.69, 9.17) is 15.7 Å². The number of hydrogen-bond donors (Lipinski definition) is 3. The summed E-state index contributed by atoms with van der Waals surface area (Å²) in [5.74, 6) is 1.44. The van der Waals surface area contributed by atoms with E-state index < -0.39 is 5.91 Å². The minimum atomic E-state index is -0.490. The lowest BCUT2D eigenvalue weighted by Gasteiger charge is -2.20. The van der Waals surface area contributed by atoms with E-state index in [1.54, 1.807) is 34.1 Å². The van der Waals surface area contributed by atoms with Crippen LogP contribution in [0, 0.1) is 0 Å². The number of carbonyl (C=O) groups is 1. The van der Waals surface area contributed by atoms with Gasteiger partial charge in [0.2, 0.25) is 0 Å². The first-order valence-electron chi connectivity index (χ1n) is 9.33. The summed E-state index contributed by atoms with van der Waals surface area (Å²) in [5, 5.41) is 8.91. The van der Waals surface area contributed by atoms with Gasteiger partial charge in [-0.2, -0.15) is 0 Å². The van der Waals surface area contributed by atoms with Crippen LogP contribution in [0.5, 0.6) is 0 Å². The van der Waals surface area contributed by atoms with Crippen molar-refractivity contribution >= 4 is 28.6 Å². The number of pyridine rings is 1. The molecule has 1 aliphatic rings. The quantitative estimate of drug-likeness (QED) is 0.470. The van der Waals surface area contributed by atoms with Crippen LogP contribution in [0.3, 0.4) is 0 Å². The number of rotatable bonds is 5. The number of nitrogens with zero attached hydrogens (tertiary/aromatic N) is 4. The van der Waals surface area contributed by atoms with E-state index in [2.05, 4.69) is 27.1 Å². The molecule has 0 saturated carbocycles. The number of primary amides is 1. The fourth-order valence-corrected chi connectivity index (χ4v) is 4.23. The maximum atomic E-state index is 11.7. The van der Waals surface area contributed by atoms with Crippen LogP contribution in [0.1, 0.15) is 26.5 Å². The zero-order chi connectivity index (χ0) is 19.8. The Morgan fingerprint density at radius 2 is 2.24 bits per heavy atom. The van der Waals surface area contributed by atoms with Gasteiger partial charge < -0.3 is 16.4 Å². The van der Waals surface area contributed by atoms with Crippen molar-refractivity contribution in [3.8, 4) is 11.6 Å². The Bertz CT molecular complexity index is 1200. The molecule has 0 aliphatic carbocycles. The number of fused-ring (bicyclic) bond motifs is 2. The Morgan fingerprint density at radius 3 is 3.07 bits per heavy atom. The predicted octanol–water partition coefficient (Wildman–Crippen LogP) is 2.21. The van der Waals surface area contributed by atoms with Gasteiger partial charge >= 0.3 is 0 Å². The third-order valence-electron chi connectivity index (χ3n) is 4.98. The van der Waals surface area contributed by atoms with Gasteiger partial charge in [-0.15, -0.1) is 11.3 Å². The minimum Gasteiger partial charge on any atom is -0.366 e. The Balaban J connectivity index is 1.60.